The van der Waals surface area contributed by atoms with Crippen molar-refractivity contribution in [3.8, 4) is 11.5 Å². The standard InChI is InChI=1S/C18H18Cl2N2O3/c1-11(2)12-3-5-15(6-4-12)25-10-17(23)22-21-9-13-7-14(19)8-16(20)18(13)24/h3-9,11,24H,10H2,1-2H3,(H,22,23)/b21-9+. The van der Waals surface area contributed by atoms with Gasteiger partial charge in [0.05, 0.1) is 11.2 Å². The SMILES string of the molecule is CC(C)c1ccc(OCC(=O)N/N=C/c2cc(Cl)cc(Cl)c2O)cc1. The summed E-state index contributed by atoms with van der Waals surface area (Å²) in [6.45, 7) is 4.03. The third kappa shape index (κ3) is 5.66. The maximum Gasteiger partial charge on any atom is 0.277 e. The monoisotopic (exact) mass is 380 g/mol. The van der Waals surface area contributed by atoms with Crippen molar-refractivity contribution in [1.82, 2.24) is 5.43 Å². The minimum Gasteiger partial charge on any atom is -0.506 e. The fraction of sp³-hybridized carbons (Fsp3) is 0.222. The number of amides is 1. The molecule has 2 rings (SSSR count). The number of phenols is 1. The molecule has 2 aromatic rings. The number of hydrogen-bond donors (Lipinski definition) is 2. The van der Waals surface area contributed by atoms with Crippen molar-refractivity contribution in [1.29, 1.82) is 0 Å². The number of ether oxygens (including phenoxy) is 1. The number of phenolic OH excluding ortho intramolecular Hbond substituents is 1. The van der Waals surface area contributed by atoms with Gasteiger partial charge in [-0.2, -0.15) is 5.10 Å². The van der Waals surface area contributed by atoms with Gasteiger partial charge in [-0.25, -0.2) is 5.43 Å². The lowest BCUT2D eigenvalue weighted by Gasteiger charge is -2.08. The van der Waals surface area contributed by atoms with Crippen LogP contribution in [0.1, 0.15) is 30.9 Å². The lowest BCUT2D eigenvalue weighted by Crippen LogP contribution is -2.24. The van der Waals surface area contributed by atoms with E-state index in [2.05, 4.69) is 24.4 Å². The van der Waals surface area contributed by atoms with Gasteiger partial charge in [-0.15, -0.1) is 0 Å². The van der Waals surface area contributed by atoms with E-state index in [1.54, 1.807) is 0 Å². The number of nitrogens with one attached hydrogen (secondary N) is 1. The first-order valence-electron chi connectivity index (χ1n) is 7.59. The number of nitrogens with zero attached hydrogens (tertiary/aromatic N) is 1. The second-order valence-electron chi connectivity index (χ2n) is 5.63. The zero-order valence-corrected chi connectivity index (χ0v) is 15.3. The predicted molar refractivity (Wildman–Crippen MR) is 99.9 cm³/mol. The Hall–Kier alpha value is -2.24. The minimum absolute atomic E-state index is 0.105. The first-order valence-corrected chi connectivity index (χ1v) is 8.35. The zero-order chi connectivity index (χ0) is 18.4. The van der Waals surface area contributed by atoms with E-state index >= 15 is 0 Å². The molecule has 132 valence electrons. The lowest BCUT2D eigenvalue weighted by atomic mass is 10.0. The number of carbonyl (C=O) groups is 1. The summed E-state index contributed by atoms with van der Waals surface area (Å²) < 4.78 is 5.39. The van der Waals surface area contributed by atoms with E-state index in [0.717, 1.165) is 0 Å². The number of halogens is 2. The van der Waals surface area contributed by atoms with Crippen molar-refractivity contribution in [2.24, 2.45) is 5.10 Å². The van der Waals surface area contributed by atoms with Crippen LogP contribution in [0, 0.1) is 0 Å². The highest BCUT2D eigenvalue weighted by molar-refractivity contribution is 6.36. The summed E-state index contributed by atoms with van der Waals surface area (Å²) in [6, 6.07) is 10.4. The summed E-state index contributed by atoms with van der Waals surface area (Å²) in [5.74, 6) is 0.438. The van der Waals surface area contributed by atoms with Crippen LogP contribution < -0.4 is 10.2 Å². The molecule has 2 aromatic carbocycles. The van der Waals surface area contributed by atoms with E-state index in [0.29, 0.717) is 22.3 Å². The molecule has 0 aliphatic carbocycles. The molecule has 0 saturated heterocycles. The van der Waals surface area contributed by atoms with E-state index < -0.39 is 5.91 Å². The smallest absolute Gasteiger partial charge is 0.277 e. The van der Waals surface area contributed by atoms with Crippen LogP contribution >= 0.6 is 23.2 Å². The summed E-state index contributed by atoms with van der Waals surface area (Å²) in [4.78, 5) is 11.7. The molecule has 0 aliphatic rings. The Morgan fingerprint density at radius 3 is 2.60 bits per heavy atom. The number of hydrogen-bond acceptors (Lipinski definition) is 4. The van der Waals surface area contributed by atoms with Gasteiger partial charge in [0.2, 0.25) is 0 Å². The molecule has 25 heavy (non-hydrogen) atoms. The fourth-order valence-corrected chi connectivity index (χ4v) is 2.50. The highest BCUT2D eigenvalue weighted by Crippen LogP contribution is 2.29. The normalized spacial score (nSPS) is 11.1. The number of carbonyl (C=O) groups excluding carboxylic acids is 1. The molecule has 0 heterocycles. The number of benzene rings is 2. The van der Waals surface area contributed by atoms with Crippen molar-refractivity contribution in [2.45, 2.75) is 19.8 Å². The molecule has 0 aromatic heterocycles. The topological polar surface area (TPSA) is 70.9 Å². The Bertz CT molecular complexity index is 775. The van der Waals surface area contributed by atoms with Crippen molar-refractivity contribution in [3.63, 3.8) is 0 Å². The largest absolute Gasteiger partial charge is 0.506 e. The molecular weight excluding hydrogens is 363 g/mol. The van der Waals surface area contributed by atoms with Crippen LogP contribution in [0.15, 0.2) is 41.5 Å². The van der Waals surface area contributed by atoms with Gasteiger partial charge in [-0.3, -0.25) is 4.79 Å². The van der Waals surface area contributed by atoms with Crippen LogP contribution in [0.5, 0.6) is 11.5 Å². The van der Waals surface area contributed by atoms with Crippen LogP contribution in [0.25, 0.3) is 0 Å². The Balaban J connectivity index is 1.86. The molecule has 5 nitrogen and oxygen atoms in total. The molecule has 0 spiro atoms. The fourth-order valence-electron chi connectivity index (χ4n) is 1.99. The summed E-state index contributed by atoms with van der Waals surface area (Å²) in [7, 11) is 0. The van der Waals surface area contributed by atoms with Crippen LogP contribution in [0.4, 0.5) is 0 Å². The molecule has 0 radical (unpaired) electrons. The molecule has 0 saturated carbocycles. The predicted octanol–water partition coefficient (Wildman–Crippen LogP) is 4.35. The van der Waals surface area contributed by atoms with E-state index in [1.165, 1.54) is 23.9 Å². The first kappa shape index (κ1) is 19.1. The summed E-state index contributed by atoms with van der Waals surface area (Å²) in [5, 5.41) is 14.0. The third-order valence-electron chi connectivity index (χ3n) is 3.37. The van der Waals surface area contributed by atoms with E-state index in [1.807, 2.05) is 24.3 Å². The number of aromatic hydroxyl groups is 1. The van der Waals surface area contributed by atoms with Gasteiger partial charge >= 0.3 is 0 Å². The Kier molecular flexibility index (Phi) is 6.67. The highest BCUT2D eigenvalue weighted by Gasteiger charge is 2.07. The van der Waals surface area contributed by atoms with Crippen molar-refractivity contribution >= 4 is 35.3 Å². The van der Waals surface area contributed by atoms with Gasteiger partial charge < -0.3 is 9.84 Å². The van der Waals surface area contributed by atoms with Crippen LogP contribution in [0.2, 0.25) is 10.0 Å². The second kappa shape index (κ2) is 8.74. The van der Waals surface area contributed by atoms with Gasteiger partial charge in [0.1, 0.15) is 11.5 Å². The van der Waals surface area contributed by atoms with E-state index in [9.17, 15) is 9.90 Å². The van der Waals surface area contributed by atoms with E-state index in [-0.39, 0.29) is 17.4 Å². The maximum atomic E-state index is 11.7. The molecule has 1 amide bonds. The molecule has 7 heteroatoms. The van der Waals surface area contributed by atoms with Crippen molar-refractivity contribution in [2.75, 3.05) is 6.61 Å². The highest BCUT2D eigenvalue weighted by atomic mass is 35.5. The van der Waals surface area contributed by atoms with Crippen molar-refractivity contribution in [3.05, 3.63) is 57.6 Å². The Labute approximate surface area is 156 Å². The Morgan fingerprint density at radius 1 is 1.28 bits per heavy atom. The van der Waals surface area contributed by atoms with Gasteiger partial charge in [0.15, 0.2) is 6.61 Å². The third-order valence-corrected chi connectivity index (χ3v) is 3.87. The minimum atomic E-state index is -0.434. The molecular formula is C18H18Cl2N2O3. The van der Waals surface area contributed by atoms with Crippen LogP contribution in [-0.4, -0.2) is 23.8 Å². The number of rotatable bonds is 6. The summed E-state index contributed by atoms with van der Waals surface area (Å²) in [6.07, 6.45) is 1.25. The quantitative estimate of drug-likeness (QED) is 0.577. The summed E-state index contributed by atoms with van der Waals surface area (Å²) >= 11 is 11.7. The maximum absolute atomic E-state index is 11.7. The van der Waals surface area contributed by atoms with Crippen LogP contribution in [-0.2, 0) is 4.79 Å². The van der Waals surface area contributed by atoms with Crippen LogP contribution in [0.3, 0.4) is 0 Å². The first-order chi connectivity index (χ1) is 11.9. The number of hydrazone groups is 1. The summed E-state index contributed by atoms with van der Waals surface area (Å²) in [5.41, 5.74) is 3.80. The molecule has 0 bridgehead atoms. The molecule has 2 N–H and O–H groups in total. The molecule has 0 atom stereocenters. The zero-order valence-electron chi connectivity index (χ0n) is 13.8. The van der Waals surface area contributed by atoms with Gasteiger partial charge in [-0.1, -0.05) is 49.2 Å². The molecule has 0 aliphatic heterocycles. The second-order valence-corrected chi connectivity index (χ2v) is 6.47. The van der Waals surface area contributed by atoms with Gasteiger partial charge in [0.25, 0.3) is 5.91 Å². The van der Waals surface area contributed by atoms with Gasteiger partial charge in [0, 0.05) is 10.6 Å². The van der Waals surface area contributed by atoms with Gasteiger partial charge in [-0.05, 0) is 35.7 Å². The molecule has 0 unspecified atom stereocenters. The molecule has 0 fully saturated rings. The van der Waals surface area contributed by atoms with E-state index in [4.69, 9.17) is 27.9 Å². The van der Waals surface area contributed by atoms with Crippen molar-refractivity contribution < 1.29 is 14.6 Å². The average Bonchev–Trinajstić information content (AvgIpc) is 2.57. The Morgan fingerprint density at radius 2 is 1.96 bits per heavy atom. The lowest BCUT2D eigenvalue weighted by molar-refractivity contribution is -0.123. The average molecular weight is 381 g/mol.